The van der Waals surface area contributed by atoms with Crippen LogP contribution in [-0.4, -0.2) is 9.78 Å². The van der Waals surface area contributed by atoms with Crippen molar-refractivity contribution in [2.24, 2.45) is 5.92 Å². The molecule has 16 heavy (non-hydrogen) atoms. The van der Waals surface area contributed by atoms with Crippen LogP contribution in [0.25, 0.3) is 10.9 Å². The largest absolute Gasteiger partial charge is 0.265 e. The molecule has 0 bridgehead atoms. The molecule has 0 saturated heterocycles. The Morgan fingerprint density at radius 2 is 2.19 bits per heavy atom. The first-order valence-corrected chi connectivity index (χ1v) is 6.19. The van der Waals surface area contributed by atoms with Crippen molar-refractivity contribution in [2.75, 3.05) is 0 Å². The summed E-state index contributed by atoms with van der Waals surface area (Å²) in [5, 5.41) is 5.78. The van der Waals surface area contributed by atoms with Gasteiger partial charge in [-0.25, -0.2) is 0 Å². The quantitative estimate of drug-likeness (QED) is 0.763. The number of nitrogens with zero attached hydrogens (tertiary/aromatic N) is 2. The molecule has 0 unspecified atom stereocenters. The minimum Gasteiger partial charge on any atom is -0.265 e. The lowest BCUT2D eigenvalue weighted by molar-refractivity contribution is 0.580. The van der Waals surface area contributed by atoms with E-state index in [1.54, 1.807) is 0 Å². The lowest BCUT2D eigenvalue weighted by Crippen LogP contribution is -2.01. The fourth-order valence-corrected chi connectivity index (χ4v) is 2.16. The molecule has 1 aliphatic rings. The predicted molar refractivity (Wildman–Crippen MR) is 66.5 cm³/mol. The first-order valence-electron chi connectivity index (χ1n) is 6.19. The number of fused-ring (bicyclic) bond motifs is 1. The molecule has 0 atom stereocenters. The van der Waals surface area contributed by atoms with Gasteiger partial charge in [0.1, 0.15) is 0 Å². The summed E-state index contributed by atoms with van der Waals surface area (Å²) in [6.07, 6.45) is 4.76. The van der Waals surface area contributed by atoms with Gasteiger partial charge in [0.15, 0.2) is 0 Å². The Morgan fingerprint density at radius 1 is 1.38 bits per heavy atom. The Kier molecular flexibility index (Phi) is 2.23. The van der Waals surface area contributed by atoms with E-state index in [0.717, 1.165) is 12.5 Å². The third-order valence-electron chi connectivity index (χ3n) is 3.46. The van der Waals surface area contributed by atoms with Crippen LogP contribution in [0.4, 0.5) is 0 Å². The van der Waals surface area contributed by atoms with Crippen LogP contribution >= 0.6 is 0 Å². The third-order valence-corrected chi connectivity index (χ3v) is 3.46. The van der Waals surface area contributed by atoms with Crippen molar-refractivity contribution < 1.29 is 0 Å². The average Bonchev–Trinajstić information content (AvgIpc) is 2.99. The van der Waals surface area contributed by atoms with E-state index in [2.05, 4.69) is 41.8 Å². The maximum atomic E-state index is 4.49. The lowest BCUT2D eigenvalue weighted by atomic mass is 10.0. The van der Waals surface area contributed by atoms with E-state index in [0.29, 0.717) is 5.92 Å². The number of rotatable bonds is 3. The van der Waals surface area contributed by atoms with Crippen LogP contribution in [0.1, 0.15) is 38.2 Å². The molecule has 3 rings (SSSR count). The molecule has 2 nitrogen and oxygen atoms in total. The summed E-state index contributed by atoms with van der Waals surface area (Å²) in [7, 11) is 0. The van der Waals surface area contributed by atoms with Gasteiger partial charge in [0.05, 0.1) is 11.7 Å². The van der Waals surface area contributed by atoms with E-state index < -0.39 is 0 Å². The summed E-state index contributed by atoms with van der Waals surface area (Å²) in [5.74, 6) is 1.48. The Labute approximate surface area is 96.3 Å². The highest BCUT2D eigenvalue weighted by Crippen LogP contribution is 2.31. The first kappa shape index (κ1) is 9.88. The number of benzene rings is 1. The second-order valence-corrected chi connectivity index (χ2v) is 5.24. The van der Waals surface area contributed by atoms with Gasteiger partial charge in [0.25, 0.3) is 0 Å². The summed E-state index contributed by atoms with van der Waals surface area (Å²) in [6.45, 7) is 5.57. The molecule has 0 spiro atoms. The molecule has 0 aliphatic heterocycles. The average molecular weight is 214 g/mol. The number of hydrogen-bond acceptors (Lipinski definition) is 1. The number of hydrogen-bond donors (Lipinski definition) is 0. The van der Waals surface area contributed by atoms with Crippen molar-refractivity contribution in [2.45, 2.75) is 39.2 Å². The Morgan fingerprint density at radius 3 is 2.88 bits per heavy atom. The molecule has 0 radical (unpaired) electrons. The molecule has 2 heteroatoms. The zero-order chi connectivity index (χ0) is 11.1. The molecule has 1 aromatic heterocycles. The topological polar surface area (TPSA) is 17.8 Å². The van der Waals surface area contributed by atoms with Crippen LogP contribution in [0.2, 0.25) is 0 Å². The van der Waals surface area contributed by atoms with Crippen molar-refractivity contribution in [3.05, 3.63) is 30.0 Å². The van der Waals surface area contributed by atoms with Crippen LogP contribution in [-0.2, 0) is 6.54 Å². The van der Waals surface area contributed by atoms with E-state index in [-0.39, 0.29) is 0 Å². The molecular weight excluding hydrogens is 196 g/mol. The van der Waals surface area contributed by atoms with Crippen LogP contribution in [0.5, 0.6) is 0 Å². The highest BCUT2D eigenvalue weighted by atomic mass is 15.3. The molecule has 2 aromatic rings. The van der Waals surface area contributed by atoms with Gasteiger partial charge in [-0.15, -0.1) is 0 Å². The van der Waals surface area contributed by atoms with Crippen molar-refractivity contribution in [1.29, 1.82) is 0 Å². The van der Waals surface area contributed by atoms with Crippen LogP contribution in [0.3, 0.4) is 0 Å². The fraction of sp³-hybridized carbons (Fsp3) is 0.500. The van der Waals surface area contributed by atoms with E-state index >= 15 is 0 Å². The summed E-state index contributed by atoms with van der Waals surface area (Å²) in [4.78, 5) is 0. The van der Waals surface area contributed by atoms with Crippen LogP contribution in [0.15, 0.2) is 24.4 Å². The van der Waals surface area contributed by atoms with Gasteiger partial charge < -0.3 is 0 Å². The standard InChI is InChI=1S/C14H18N2/c1-10(2)12-5-6-14-13(7-12)8-15-16(14)9-11-3-4-11/h5-8,10-11H,3-4,9H2,1-2H3. The van der Waals surface area contributed by atoms with Crippen molar-refractivity contribution in [3.8, 4) is 0 Å². The van der Waals surface area contributed by atoms with Gasteiger partial charge in [-0.1, -0.05) is 19.9 Å². The Balaban J connectivity index is 1.99. The highest BCUT2D eigenvalue weighted by molar-refractivity contribution is 5.79. The molecule has 1 aromatic carbocycles. The van der Waals surface area contributed by atoms with Gasteiger partial charge in [-0.2, -0.15) is 5.10 Å². The molecule has 1 saturated carbocycles. The van der Waals surface area contributed by atoms with Crippen LogP contribution < -0.4 is 0 Å². The SMILES string of the molecule is CC(C)c1ccc2c(cnn2CC2CC2)c1. The molecule has 0 N–H and O–H groups in total. The second kappa shape index (κ2) is 3.62. The first-order chi connectivity index (χ1) is 7.74. The smallest absolute Gasteiger partial charge is 0.0682 e. The second-order valence-electron chi connectivity index (χ2n) is 5.24. The summed E-state index contributed by atoms with van der Waals surface area (Å²) < 4.78 is 2.16. The van der Waals surface area contributed by atoms with Gasteiger partial charge in [0, 0.05) is 11.9 Å². The van der Waals surface area contributed by atoms with Crippen molar-refractivity contribution >= 4 is 10.9 Å². The molecule has 1 fully saturated rings. The van der Waals surface area contributed by atoms with Crippen molar-refractivity contribution in [3.63, 3.8) is 0 Å². The maximum Gasteiger partial charge on any atom is 0.0682 e. The Hall–Kier alpha value is -1.31. The molecule has 84 valence electrons. The summed E-state index contributed by atoms with van der Waals surface area (Å²) in [5.41, 5.74) is 2.69. The highest BCUT2D eigenvalue weighted by Gasteiger charge is 2.22. The zero-order valence-electron chi connectivity index (χ0n) is 9.98. The minimum absolute atomic E-state index is 0.594. The summed E-state index contributed by atoms with van der Waals surface area (Å²) >= 11 is 0. The predicted octanol–water partition coefficient (Wildman–Crippen LogP) is 3.57. The summed E-state index contributed by atoms with van der Waals surface area (Å²) in [6, 6.07) is 6.73. The van der Waals surface area contributed by atoms with E-state index in [9.17, 15) is 0 Å². The lowest BCUT2D eigenvalue weighted by Gasteiger charge is -2.06. The fourth-order valence-electron chi connectivity index (χ4n) is 2.16. The van der Waals surface area contributed by atoms with E-state index in [4.69, 9.17) is 0 Å². The van der Waals surface area contributed by atoms with Gasteiger partial charge in [0.2, 0.25) is 0 Å². The number of aromatic nitrogens is 2. The van der Waals surface area contributed by atoms with Gasteiger partial charge in [-0.05, 0) is 42.4 Å². The monoisotopic (exact) mass is 214 g/mol. The normalized spacial score (nSPS) is 16.2. The molecule has 1 heterocycles. The van der Waals surface area contributed by atoms with Gasteiger partial charge in [-0.3, -0.25) is 4.68 Å². The van der Waals surface area contributed by atoms with Crippen LogP contribution in [0, 0.1) is 5.92 Å². The van der Waals surface area contributed by atoms with E-state index in [1.165, 1.54) is 29.3 Å². The van der Waals surface area contributed by atoms with E-state index in [1.807, 2.05) is 6.20 Å². The molecule has 1 aliphatic carbocycles. The van der Waals surface area contributed by atoms with Crippen molar-refractivity contribution in [1.82, 2.24) is 9.78 Å². The zero-order valence-corrected chi connectivity index (χ0v) is 9.98. The molecule has 0 amide bonds. The molecular formula is C14H18N2. The van der Waals surface area contributed by atoms with Gasteiger partial charge >= 0.3 is 0 Å². The minimum atomic E-state index is 0.594. The third kappa shape index (κ3) is 1.73. The maximum absolute atomic E-state index is 4.49. The Bertz CT molecular complexity index is 506.